The van der Waals surface area contributed by atoms with Crippen LogP contribution >= 0.6 is 12.2 Å². The number of rotatable bonds is 6. The first-order chi connectivity index (χ1) is 11.4. The minimum absolute atomic E-state index is 0.00838. The molecule has 0 amide bonds. The molecule has 2 rings (SSSR count). The predicted molar refractivity (Wildman–Crippen MR) is 101 cm³/mol. The Labute approximate surface area is 148 Å². The van der Waals surface area contributed by atoms with E-state index in [0.717, 1.165) is 18.7 Å². The van der Waals surface area contributed by atoms with Crippen LogP contribution in [-0.4, -0.2) is 16.6 Å². The van der Waals surface area contributed by atoms with Gasteiger partial charge in [-0.1, -0.05) is 19.9 Å². The van der Waals surface area contributed by atoms with Crippen LogP contribution in [0.5, 0.6) is 0 Å². The van der Waals surface area contributed by atoms with Gasteiger partial charge in [0.1, 0.15) is 11.6 Å². The number of hydrogen-bond donors (Lipinski definition) is 1. The van der Waals surface area contributed by atoms with Crippen molar-refractivity contribution in [1.29, 1.82) is 0 Å². The molecule has 130 valence electrons. The summed E-state index contributed by atoms with van der Waals surface area (Å²) in [6.45, 7) is 8.97. The van der Waals surface area contributed by atoms with Gasteiger partial charge in [0.2, 0.25) is 0 Å². The fraction of sp³-hybridized carbons (Fsp3) is 0.421. The van der Waals surface area contributed by atoms with Crippen molar-refractivity contribution in [3.63, 3.8) is 0 Å². The maximum atomic E-state index is 13.8. The third kappa shape index (κ3) is 4.81. The molecule has 3 nitrogen and oxygen atoms in total. The van der Waals surface area contributed by atoms with Gasteiger partial charge in [0.15, 0.2) is 5.11 Å². The minimum atomic E-state index is -0.240. The number of thiocarbonyl (C=S) groups is 1. The molecule has 0 saturated carbocycles. The zero-order valence-corrected chi connectivity index (χ0v) is 15.5. The van der Waals surface area contributed by atoms with Gasteiger partial charge in [-0.3, -0.25) is 0 Å². The van der Waals surface area contributed by atoms with E-state index < -0.39 is 0 Å². The van der Waals surface area contributed by atoms with Gasteiger partial charge in [0, 0.05) is 12.2 Å². The highest BCUT2D eigenvalue weighted by Gasteiger charge is 2.21. The number of benzene rings is 1. The van der Waals surface area contributed by atoms with E-state index in [1.54, 1.807) is 19.3 Å². The fourth-order valence-corrected chi connectivity index (χ4v) is 2.78. The average molecular weight is 348 g/mol. The lowest BCUT2D eigenvalue weighted by atomic mass is 10.1. The predicted octanol–water partition coefficient (Wildman–Crippen LogP) is 5.53. The summed E-state index contributed by atoms with van der Waals surface area (Å²) in [5.74, 6) is 1.18. The second kappa shape index (κ2) is 8.29. The van der Waals surface area contributed by atoms with Crippen molar-refractivity contribution in [2.24, 2.45) is 5.92 Å². The monoisotopic (exact) mass is 348 g/mol. The van der Waals surface area contributed by atoms with Crippen molar-refractivity contribution in [3.8, 4) is 0 Å². The van der Waals surface area contributed by atoms with Gasteiger partial charge in [-0.05, 0) is 68.2 Å². The Bertz CT molecular complexity index is 670. The molecule has 0 aliphatic heterocycles. The Kier molecular flexibility index (Phi) is 6.37. The molecular weight excluding hydrogens is 323 g/mol. The van der Waals surface area contributed by atoms with Crippen LogP contribution in [0.2, 0.25) is 0 Å². The van der Waals surface area contributed by atoms with E-state index in [2.05, 4.69) is 31.0 Å². The maximum Gasteiger partial charge on any atom is 0.174 e. The van der Waals surface area contributed by atoms with E-state index in [9.17, 15) is 4.39 Å². The molecule has 2 aromatic rings. The van der Waals surface area contributed by atoms with Crippen LogP contribution in [0.4, 0.5) is 10.1 Å². The van der Waals surface area contributed by atoms with Crippen molar-refractivity contribution in [3.05, 3.63) is 53.7 Å². The lowest BCUT2D eigenvalue weighted by Gasteiger charge is -2.31. The lowest BCUT2D eigenvalue weighted by Crippen LogP contribution is -2.38. The molecule has 0 aliphatic rings. The first-order valence-electron chi connectivity index (χ1n) is 8.25. The van der Waals surface area contributed by atoms with E-state index >= 15 is 0 Å². The highest BCUT2D eigenvalue weighted by Crippen LogP contribution is 2.23. The van der Waals surface area contributed by atoms with Gasteiger partial charge < -0.3 is 14.6 Å². The summed E-state index contributed by atoms with van der Waals surface area (Å²) in [5, 5.41) is 3.72. The van der Waals surface area contributed by atoms with Gasteiger partial charge in [-0.15, -0.1) is 0 Å². The molecule has 0 radical (unpaired) electrons. The van der Waals surface area contributed by atoms with Crippen LogP contribution < -0.4 is 5.32 Å². The van der Waals surface area contributed by atoms with Crippen LogP contribution in [0.25, 0.3) is 0 Å². The van der Waals surface area contributed by atoms with Gasteiger partial charge in [0.05, 0.1) is 12.3 Å². The van der Waals surface area contributed by atoms with E-state index in [4.69, 9.17) is 16.6 Å². The van der Waals surface area contributed by atoms with E-state index in [1.165, 1.54) is 6.07 Å². The highest BCUT2D eigenvalue weighted by atomic mass is 32.1. The number of nitrogens with zero attached hydrogens (tertiary/aromatic N) is 1. The SMILES string of the molecule is Cc1ccc(NC(=S)N(CCC(C)C)[C@@H](C)c2ccco2)cc1F. The molecule has 1 N–H and O–H groups in total. The van der Waals surface area contributed by atoms with Gasteiger partial charge in [0.25, 0.3) is 0 Å². The normalized spacial score (nSPS) is 12.2. The van der Waals surface area contributed by atoms with E-state index in [-0.39, 0.29) is 11.9 Å². The van der Waals surface area contributed by atoms with Crippen LogP contribution in [0.1, 0.15) is 44.6 Å². The first-order valence-corrected chi connectivity index (χ1v) is 8.66. The van der Waals surface area contributed by atoms with Crippen LogP contribution in [-0.2, 0) is 0 Å². The summed E-state index contributed by atoms with van der Waals surface area (Å²) in [6.07, 6.45) is 2.67. The maximum absolute atomic E-state index is 13.8. The van der Waals surface area contributed by atoms with Crippen LogP contribution in [0, 0.1) is 18.7 Å². The summed E-state index contributed by atoms with van der Waals surface area (Å²) in [4.78, 5) is 2.09. The third-order valence-corrected chi connectivity index (χ3v) is 4.39. The Balaban J connectivity index is 2.15. The molecule has 5 heteroatoms. The Morgan fingerprint density at radius 3 is 2.62 bits per heavy atom. The fourth-order valence-electron chi connectivity index (χ4n) is 2.42. The van der Waals surface area contributed by atoms with Gasteiger partial charge >= 0.3 is 0 Å². The molecule has 0 unspecified atom stereocenters. The van der Waals surface area contributed by atoms with Crippen LogP contribution in [0.3, 0.4) is 0 Å². The number of halogens is 1. The highest BCUT2D eigenvalue weighted by molar-refractivity contribution is 7.80. The molecule has 0 saturated heterocycles. The molecular formula is C19H25FN2OS. The van der Waals surface area contributed by atoms with Gasteiger partial charge in [-0.2, -0.15) is 0 Å². The van der Waals surface area contributed by atoms with Crippen molar-refractivity contribution in [1.82, 2.24) is 4.90 Å². The summed E-state index contributed by atoms with van der Waals surface area (Å²) >= 11 is 5.59. The van der Waals surface area contributed by atoms with Gasteiger partial charge in [-0.25, -0.2) is 4.39 Å². The molecule has 0 aliphatic carbocycles. The average Bonchev–Trinajstić information content (AvgIpc) is 3.05. The molecule has 1 atom stereocenters. The molecule has 0 bridgehead atoms. The zero-order valence-electron chi connectivity index (χ0n) is 14.7. The second-order valence-corrected chi connectivity index (χ2v) is 6.85. The summed E-state index contributed by atoms with van der Waals surface area (Å²) in [7, 11) is 0. The van der Waals surface area contributed by atoms with Crippen molar-refractivity contribution >= 4 is 23.0 Å². The second-order valence-electron chi connectivity index (χ2n) is 6.46. The zero-order chi connectivity index (χ0) is 17.7. The third-order valence-electron chi connectivity index (χ3n) is 4.05. The van der Waals surface area contributed by atoms with E-state index in [1.807, 2.05) is 18.2 Å². The van der Waals surface area contributed by atoms with Crippen molar-refractivity contribution in [2.45, 2.75) is 40.2 Å². The largest absolute Gasteiger partial charge is 0.467 e. The Morgan fingerprint density at radius 2 is 2.04 bits per heavy atom. The van der Waals surface area contributed by atoms with Crippen molar-refractivity contribution in [2.75, 3.05) is 11.9 Å². The van der Waals surface area contributed by atoms with E-state index in [0.29, 0.717) is 22.3 Å². The molecule has 0 fully saturated rings. The molecule has 1 heterocycles. The smallest absolute Gasteiger partial charge is 0.174 e. The summed E-state index contributed by atoms with van der Waals surface area (Å²) in [5.41, 5.74) is 1.27. The number of furan rings is 1. The summed E-state index contributed by atoms with van der Waals surface area (Å²) < 4.78 is 19.3. The molecule has 1 aromatic carbocycles. The topological polar surface area (TPSA) is 28.4 Å². The molecule has 0 spiro atoms. The Hall–Kier alpha value is -1.88. The number of aryl methyl sites for hydroxylation is 1. The standard InChI is InChI=1S/C19H25FN2OS/c1-13(2)9-10-22(15(4)18-6-5-11-23-18)19(24)21-16-8-7-14(3)17(20)12-16/h5-8,11-13,15H,9-10H2,1-4H3,(H,21,24)/t15-/m0/s1. The van der Waals surface area contributed by atoms with Crippen LogP contribution in [0.15, 0.2) is 41.0 Å². The lowest BCUT2D eigenvalue weighted by molar-refractivity contribution is 0.281. The number of hydrogen-bond acceptors (Lipinski definition) is 2. The molecule has 1 aromatic heterocycles. The number of anilines is 1. The quantitative estimate of drug-likeness (QED) is 0.695. The Morgan fingerprint density at radius 1 is 1.29 bits per heavy atom. The minimum Gasteiger partial charge on any atom is -0.467 e. The van der Waals surface area contributed by atoms with Crippen molar-refractivity contribution < 1.29 is 8.81 Å². The number of nitrogens with one attached hydrogen (secondary N) is 1. The summed E-state index contributed by atoms with van der Waals surface area (Å²) in [6, 6.07) is 8.88. The first kappa shape index (κ1) is 18.5. The molecule has 24 heavy (non-hydrogen) atoms.